The highest BCUT2D eigenvalue weighted by molar-refractivity contribution is 6.02. The Labute approximate surface area is 238 Å². The third kappa shape index (κ3) is 6.78. The lowest BCUT2D eigenvalue weighted by Crippen LogP contribution is -2.46. The quantitative estimate of drug-likeness (QED) is 0.210. The minimum atomic E-state index is -1.13. The fraction of sp³-hybridized carbons (Fsp3) is 0.167. The number of anilines is 1. The van der Waals surface area contributed by atoms with Gasteiger partial charge in [-0.15, -0.1) is 0 Å². The molecule has 4 aromatic rings. The Morgan fingerprint density at radius 2 is 1.52 bits per heavy atom. The molecule has 42 heavy (non-hydrogen) atoms. The zero-order valence-electron chi connectivity index (χ0n) is 22.4. The minimum absolute atomic E-state index is 0.00228. The first-order valence-corrected chi connectivity index (χ1v) is 12.6. The number of Topliss-reactive ketones (excluding diaryl/α,β-unsaturated/α-hetero) is 1. The zero-order chi connectivity index (χ0) is 30.2. The lowest BCUT2D eigenvalue weighted by molar-refractivity contribution is -0.141. The normalized spacial score (nSPS) is 10.6. The van der Waals surface area contributed by atoms with E-state index in [0.717, 1.165) is 11.7 Å². The van der Waals surface area contributed by atoms with Crippen LogP contribution in [0.25, 0.3) is 0 Å². The summed E-state index contributed by atoms with van der Waals surface area (Å²) in [6.07, 6.45) is 0. The average Bonchev–Trinajstić information content (AvgIpc) is 3.00. The Morgan fingerprint density at radius 1 is 0.857 bits per heavy atom. The molecule has 0 saturated carbocycles. The van der Waals surface area contributed by atoms with Crippen molar-refractivity contribution in [2.75, 3.05) is 19.5 Å². The van der Waals surface area contributed by atoms with E-state index in [-0.39, 0.29) is 24.5 Å². The van der Waals surface area contributed by atoms with Crippen LogP contribution in [0.5, 0.6) is 5.75 Å². The molecular weight excluding hydrogens is 549 g/mol. The molecule has 0 aliphatic rings. The maximum atomic E-state index is 13.2. The van der Waals surface area contributed by atoms with Gasteiger partial charge < -0.3 is 19.9 Å². The van der Waals surface area contributed by atoms with Gasteiger partial charge in [-0.05, 0) is 35.4 Å². The van der Waals surface area contributed by atoms with Gasteiger partial charge in [-0.3, -0.25) is 19.0 Å². The van der Waals surface area contributed by atoms with Crippen LogP contribution in [0.2, 0.25) is 0 Å². The topological polar surface area (TPSA) is 149 Å². The molecule has 216 valence electrons. The molecule has 3 aromatic carbocycles. The van der Waals surface area contributed by atoms with Gasteiger partial charge in [0.25, 0.3) is 5.56 Å². The molecule has 0 fully saturated rings. The number of carbonyl (C=O) groups is 3. The van der Waals surface area contributed by atoms with Crippen LogP contribution in [-0.2, 0) is 34.0 Å². The van der Waals surface area contributed by atoms with Crippen LogP contribution in [0, 0.1) is 5.82 Å². The molecule has 4 rings (SSSR count). The average molecular weight is 576 g/mol. The van der Waals surface area contributed by atoms with Crippen LogP contribution >= 0.6 is 0 Å². The van der Waals surface area contributed by atoms with Gasteiger partial charge in [-0.25, -0.2) is 18.5 Å². The first kappa shape index (κ1) is 29.5. The van der Waals surface area contributed by atoms with Gasteiger partial charge in [0.05, 0.1) is 13.7 Å². The SMILES string of the molecule is COC(=O)Cn1c(=O)c(C(=O)COC(=O)c2ccccc2OCc2ccc(F)cc2)c(N)n(Cc2ccccc2)c1=O. The third-order valence-corrected chi connectivity index (χ3v) is 6.19. The summed E-state index contributed by atoms with van der Waals surface area (Å²) in [5, 5.41) is 0. The number of hydrogen-bond donors (Lipinski definition) is 1. The van der Waals surface area contributed by atoms with Crippen LogP contribution in [0.1, 0.15) is 31.8 Å². The summed E-state index contributed by atoms with van der Waals surface area (Å²) in [6, 6.07) is 20.4. The first-order valence-electron chi connectivity index (χ1n) is 12.6. The van der Waals surface area contributed by atoms with E-state index in [9.17, 15) is 28.4 Å². The van der Waals surface area contributed by atoms with Crippen molar-refractivity contribution in [3.05, 3.63) is 128 Å². The second kappa shape index (κ2) is 13.2. The number of nitrogens with two attached hydrogens (primary N) is 1. The number of hydrogen-bond acceptors (Lipinski definition) is 9. The molecule has 1 aromatic heterocycles. The number of benzene rings is 3. The number of aromatic nitrogens is 2. The van der Waals surface area contributed by atoms with Gasteiger partial charge in [0.2, 0.25) is 5.78 Å². The lowest BCUT2D eigenvalue weighted by atomic mass is 10.1. The van der Waals surface area contributed by atoms with Gasteiger partial charge in [0.1, 0.15) is 41.7 Å². The van der Waals surface area contributed by atoms with E-state index in [0.29, 0.717) is 15.7 Å². The third-order valence-electron chi connectivity index (χ3n) is 6.19. The molecular formula is C30H26FN3O8. The molecule has 0 aliphatic carbocycles. The first-order chi connectivity index (χ1) is 20.2. The predicted molar refractivity (Wildman–Crippen MR) is 149 cm³/mol. The molecule has 0 bridgehead atoms. The molecule has 1 heterocycles. The number of ether oxygens (including phenoxy) is 3. The van der Waals surface area contributed by atoms with E-state index in [1.54, 1.807) is 42.5 Å². The van der Waals surface area contributed by atoms with E-state index in [1.165, 1.54) is 36.4 Å². The molecule has 0 unspecified atom stereocenters. The number of nitrogen functional groups attached to an aromatic ring is 1. The van der Waals surface area contributed by atoms with Crippen molar-refractivity contribution < 1.29 is 33.0 Å². The van der Waals surface area contributed by atoms with Gasteiger partial charge >= 0.3 is 17.6 Å². The van der Waals surface area contributed by atoms with Crippen molar-refractivity contribution in [3.8, 4) is 5.75 Å². The maximum absolute atomic E-state index is 13.2. The number of ketones is 1. The van der Waals surface area contributed by atoms with Crippen molar-refractivity contribution in [3.63, 3.8) is 0 Å². The highest BCUT2D eigenvalue weighted by Gasteiger charge is 2.26. The van der Waals surface area contributed by atoms with Crippen molar-refractivity contribution in [1.82, 2.24) is 9.13 Å². The number of rotatable bonds is 11. The van der Waals surface area contributed by atoms with Crippen molar-refractivity contribution in [1.29, 1.82) is 0 Å². The smallest absolute Gasteiger partial charge is 0.342 e. The summed E-state index contributed by atoms with van der Waals surface area (Å²) in [5.74, 6) is -3.51. The van der Waals surface area contributed by atoms with Crippen LogP contribution < -0.4 is 21.7 Å². The second-order valence-electron chi connectivity index (χ2n) is 8.99. The van der Waals surface area contributed by atoms with Gasteiger partial charge in [0, 0.05) is 0 Å². The largest absolute Gasteiger partial charge is 0.488 e. The number of esters is 2. The Kier molecular flexibility index (Phi) is 9.28. The summed E-state index contributed by atoms with van der Waals surface area (Å²) < 4.78 is 30.2. The molecule has 11 nitrogen and oxygen atoms in total. The summed E-state index contributed by atoms with van der Waals surface area (Å²) in [4.78, 5) is 64.3. The van der Waals surface area contributed by atoms with E-state index >= 15 is 0 Å². The van der Waals surface area contributed by atoms with Crippen molar-refractivity contribution in [2.24, 2.45) is 0 Å². The van der Waals surface area contributed by atoms with E-state index in [4.69, 9.17) is 15.2 Å². The van der Waals surface area contributed by atoms with Crippen molar-refractivity contribution >= 4 is 23.5 Å². The molecule has 0 spiro atoms. The Morgan fingerprint density at radius 3 is 2.21 bits per heavy atom. The highest BCUT2D eigenvalue weighted by atomic mass is 19.1. The number of methoxy groups -OCH3 is 1. The molecule has 12 heteroatoms. The van der Waals surface area contributed by atoms with Gasteiger partial charge in [-0.2, -0.15) is 0 Å². The summed E-state index contributed by atoms with van der Waals surface area (Å²) in [6.45, 7) is -1.73. The summed E-state index contributed by atoms with van der Waals surface area (Å²) in [7, 11) is 1.08. The number of carbonyl (C=O) groups excluding carboxylic acids is 3. The van der Waals surface area contributed by atoms with Gasteiger partial charge in [-0.1, -0.05) is 54.6 Å². The Balaban J connectivity index is 1.58. The minimum Gasteiger partial charge on any atom is -0.488 e. The lowest BCUT2D eigenvalue weighted by Gasteiger charge is -2.16. The predicted octanol–water partition coefficient (Wildman–Crippen LogP) is 2.57. The molecule has 0 atom stereocenters. The van der Waals surface area contributed by atoms with Crippen molar-refractivity contribution in [2.45, 2.75) is 19.7 Å². The fourth-order valence-electron chi connectivity index (χ4n) is 4.01. The van der Waals surface area contributed by atoms with E-state index in [2.05, 4.69) is 4.74 Å². The maximum Gasteiger partial charge on any atom is 0.342 e. The molecule has 0 aliphatic heterocycles. The summed E-state index contributed by atoms with van der Waals surface area (Å²) in [5.41, 5.74) is 4.75. The standard InChI is InChI=1S/C30H26FN3O8/c1-40-25(36)16-34-28(37)26(27(32)33(30(34)39)15-19-7-3-2-4-8-19)23(35)18-42-29(38)22-9-5-6-10-24(22)41-17-20-11-13-21(31)14-12-20/h2-14H,15-18,32H2,1H3. The fourth-order valence-corrected chi connectivity index (χ4v) is 4.01. The Bertz CT molecular complexity index is 1730. The number of para-hydroxylation sites is 1. The van der Waals surface area contributed by atoms with E-state index < -0.39 is 59.3 Å². The second-order valence-corrected chi connectivity index (χ2v) is 8.99. The highest BCUT2D eigenvalue weighted by Crippen LogP contribution is 2.21. The molecule has 0 saturated heterocycles. The van der Waals surface area contributed by atoms with Crippen LogP contribution in [-0.4, -0.2) is 40.6 Å². The monoisotopic (exact) mass is 575 g/mol. The molecule has 0 amide bonds. The Hall–Kier alpha value is -5.52. The summed E-state index contributed by atoms with van der Waals surface area (Å²) >= 11 is 0. The number of nitrogens with zero attached hydrogens (tertiary/aromatic N) is 2. The van der Waals surface area contributed by atoms with Crippen LogP contribution in [0.3, 0.4) is 0 Å². The zero-order valence-corrected chi connectivity index (χ0v) is 22.4. The molecule has 2 N–H and O–H groups in total. The van der Waals surface area contributed by atoms with Crippen LogP contribution in [0.15, 0.2) is 88.5 Å². The van der Waals surface area contributed by atoms with E-state index in [1.807, 2.05) is 0 Å². The van der Waals surface area contributed by atoms with Crippen LogP contribution in [0.4, 0.5) is 10.2 Å². The molecule has 0 radical (unpaired) electrons. The number of halogens is 1. The van der Waals surface area contributed by atoms with Gasteiger partial charge in [0.15, 0.2) is 6.61 Å².